The summed E-state index contributed by atoms with van der Waals surface area (Å²) in [6.45, 7) is 7.62. The fourth-order valence-electron chi connectivity index (χ4n) is 6.58. The number of rotatable bonds is 39. The second kappa shape index (κ2) is 40.4. The molecule has 0 N–H and O–H groups in total. The predicted molar refractivity (Wildman–Crippen MR) is 207 cm³/mol. The number of hydrogen-bond acceptors (Lipinski definition) is 2. The molecule has 0 saturated heterocycles. The lowest BCUT2D eigenvalue weighted by Gasteiger charge is -2.07. The third kappa shape index (κ3) is 39.4. The fraction of sp³-hybridized carbons (Fsp3) is 0.932. The molecule has 0 radical (unpaired) electrons. The van der Waals surface area contributed by atoms with Gasteiger partial charge < -0.3 is 4.74 Å². The molecule has 0 rings (SSSR count). The average molecular weight is 647 g/mol. The van der Waals surface area contributed by atoms with E-state index in [9.17, 15) is 4.79 Å². The molecule has 0 aliphatic carbocycles. The minimum Gasteiger partial charge on any atom is -0.466 e. The van der Waals surface area contributed by atoms with Gasteiger partial charge in [-0.1, -0.05) is 219 Å². The normalized spacial score (nSPS) is 12.3. The van der Waals surface area contributed by atoms with E-state index >= 15 is 0 Å². The SMILES string of the molecule is CCCCCCCCC=CCCCCCCCCCCCCCC(=O)OCCCCCCCCCCCCCCCCC(C)CC. The topological polar surface area (TPSA) is 26.3 Å². The Morgan fingerprint density at radius 2 is 0.804 bits per heavy atom. The van der Waals surface area contributed by atoms with Crippen molar-refractivity contribution in [1.82, 2.24) is 0 Å². The van der Waals surface area contributed by atoms with Gasteiger partial charge in [-0.05, 0) is 44.4 Å². The molecule has 0 spiro atoms. The number of allylic oxidation sites excluding steroid dienone is 2. The molecule has 0 bridgehead atoms. The molecule has 46 heavy (non-hydrogen) atoms. The molecule has 0 aromatic carbocycles. The van der Waals surface area contributed by atoms with Crippen LogP contribution in [-0.4, -0.2) is 12.6 Å². The lowest BCUT2D eigenvalue weighted by molar-refractivity contribution is -0.143. The van der Waals surface area contributed by atoms with E-state index in [4.69, 9.17) is 4.74 Å². The minimum absolute atomic E-state index is 0.0272. The van der Waals surface area contributed by atoms with Crippen molar-refractivity contribution in [2.45, 2.75) is 252 Å². The first-order valence-corrected chi connectivity index (χ1v) is 21.5. The summed E-state index contributed by atoms with van der Waals surface area (Å²) in [7, 11) is 0. The van der Waals surface area contributed by atoms with Crippen molar-refractivity contribution >= 4 is 5.97 Å². The van der Waals surface area contributed by atoms with Crippen molar-refractivity contribution in [1.29, 1.82) is 0 Å². The third-order valence-corrected chi connectivity index (χ3v) is 10.2. The molecule has 0 aromatic heterocycles. The molecule has 2 nitrogen and oxygen atoms in total. The van der Waals surface area contributed by atoms with Crippen molar-refractivity contribution in [2.24, 2.45) is 5.92 Å². The van der Waals surface area contributed by atoms with E-state index in [0.717, 1.165) is 18.8 Å². The van der Waals surface area contributed by atoms with E-state index in [2.05, 4.69) is 32.9 Å². The monoisotopic (exact) mass is 647 g/mol. The standard InChI is InChI=1S/C44H86O2/c1-4-6-7-8-9-10-11-12-13-14-15-16-17-18-19-23-26-29-32-35-38-41-44(45)46-42-39-36-33-30-27-24-21-20-22-25-28-31-34-37-40-43(3)5-2/h12-13,43H,4-11,14-42H2,1-3H3. The Bertz CT molecular complexity index is 597. The maximum absolute atomic E-state index is 12.0. The minimum atomic E-state index is 0.0272. The zero-order valence-corrected chi connectivity index (χ0v) is 32.2. The molecular weight excluding hydrogens is 560 g/mol. The van der Waals surface area contributed by atoms with Gasteiger partial charge in [0.2, 0.25) is 0 Å². The summed E-state index contributed by atoms with van der Waals surface area (Å²) >= 11 is 0. The van der Waals surface area contributed by atoms with Gasteiger partial charge in [0.25, 0.3) is 0 Å². The van der Waals surface area contributed by atoms with Crippen LogP contribution in [-0.2, 0) is 9.53 Å². The van der Waals surface area contributed by atoms with Gasteiger partial charge in [-0.2, -0.15) is 0 Å². The fourth-order valence-corrected chi connectivity index (χ4v) is 6.58. The van der Waals surface area contributed by atoms with Gasteiger partial charge in [0.15, 0.2) is 0 Å². The molecular formula is C44H86O2. The van der Waals surface area contributed by atoms with Gasteiger partial charge in [-0.3, -0.25) is 4.79 Å². The van der Waals surface area contributed by atoms with Gasteiger partial charge in [-0.25, -0.2) is 0 Å². The van der Waals surface area contributed by atoms with Crippen LogP contribution in [0.5, 0.6) is 0 Å². The smallest absolute Gasteiger partial charge is 0.305 e. The van der Waals surface area contributed by atoms with Crippen molar-refractivity contribution in [3.63, 3.8) is 0 Å². The highest BCUT2D eigenvalue weighted by molar-refractivity contribution is 5.69. The summed E-state index contributed by atoms with van der Waals surface area (Å²) in [6, 6.07) is 0. The second-order valence-corrected chi connectivity index (χ2v) is 14.9. The Balaban J connectivity index is 3.18. The van der Waals surface area contributed by atoms with Crippen LogP contribution >= 0.6 is 0 Å². The van der Waals surface area contributed by atoms with Crippen LogP contribution in [0.15, 0.2) is 12.2 Å². The van der Waals surface area contributed by atoms with Crippen LogP contribution < -0.4 is 0 Å². The van der Waals surface area contributed by atoms with E-state index in [-0.39, 0.29) is 5.97 Å². The molecule has 1 atom stereocenters. The number of ether oxygens (including phenoxy) is 1. The van der Waals surface area contributed by atoms with Gasteiger partial charge >= 0.3 is 5.97 Å². The van der Waals surface area contributed by atoms with Gasteiger partial charge in [0, 0.05) is 6.42 Å². The van der Waals surface area contributed by atoms with Gasteiger partial charge in [0.1, 0.15) is 0 Å². The maximum Gasteiger partial charge on any atom is 0.305 e. The second-order valence-electron chi connectivity index (χ2n) is 14.9. The highest BCUT2D eigenvalue weighted by Gasteiger charge is 2.03. The van der Waals surface area contributed by atoms with E-state index in [1.807, 2.05) is 0 Å². The summed E-state index contributed by atoms with van der Waals surface area (Å²) < 4.78 is 5.47. The molecule has 0 aliphatic heterocycles. The van der Waals surface area contributed by atoms with Crippen molar-refractivity contribution in [2.75, 3.05) is 6.61 Å². The predicted octanol–water partition coefficient (Wildman–Crippen LogP) is 15.8. The first-order valence-electron chi connectivity index (χ1n) is 21.5. The first kappa shape index (κ1) is 45.2. The number of hydrogen-bond donors (Lipinski definition) is 0. The van der Waals surface area contributed by atoms with Crippen LogP contribution in [0.1, 0.15) is 252 Å². The van der Waals surface area contributed by atoms with Gasteiger partial charge in [0.05, 0.1) is 6.61 Å². The van der Waals surface area contributed by atoms with E-state index in [1.165, 1.54) is 212 Å². The molecule has 0 amide bonds. The van der Waals surface area contributed by atoms with Crippen LogP contribution in [0.2, 0.25) is 0 Å². The molecule has 0 aliphatic rings. The van der Waals surface area contributed by atoms with Crippen LogP contribution in [0, 0.1) is 5.92 Å². The molecule has 274 valence electrons. The molecule has 0 fully saturated rings. The van der Waals surface area contributed by atoms with E-state index in [0.29, 0.717) is 13.0 Å². The zero-order chi connectivity index (χ0) is 33.4. The summed E-state index contributed by atoms with van der Waals surface area (Å²) in [5, 5.41) is 0. The molecule has 0 heterocycles. The zero-order valence-electron chi connectivity index (χ0n) is 32.2. The lowest BCUT2D eigenvalue weighted by Crippen LogP contribution is -2.05. The first-order chi connectivity index (χ1) is 22.7. The van der Waals surface area contributed by atoms with Crippen LogP contribution in [0.4, 0.5) is 0 Å². The maximum atomic E-state index is 12.0. The highest BCUT2D eigenvalue weighted by atomic mass is 16.5. The third-order valence-electron chi connectivity index (χ3n) is 10.2. The quantitative estimate of drug-likeness (QED) is 0.0377. The van der Waals surface area contributed by atoms with Crippen molar-refractivity contribution in [3.8, 4) is 0 Å². The highest BCUT2D eigenvalue weighted by Crippen LogP contribution is 2.17. The molecule has 1 unspecified atom stereocenters. The van der Waals surface area contributed by atoms with Crippen LogP contribution in [0.3, 0.4) is 0 Å². The number of unbranched alkanes of at least 4 members (excludes halogenated alkanes) is 30. The summed E-state index contributed by atoms with van der Waals surface area (Å²) in [6.07, 6.45) is 53.0. The Labute approximate surface area is 291 Å². The summed E-state index contributed by atoms with van der Waals surface area (Å²) in [4.78, 5) is 12.0. The molecule has 2 heteroatoms. The van der Waals surface area contributed by atoms with Crippen LogP contribution in [0.25, 0.3) is 0 Å². The Kier molecular flexibility index (Phi) is 39.7. The summed E-state index contributed by atoms with van der Waals surface area (Å²) in [5.41, 5.74) is 0. The van der Waals surface area contributed by atoms with Gasteiger partial charge in [-0.15, -0.1) is 0 Å². The molecule has 0 aromatic rings. The Hall–Kier alpha value is -0.790. The molecule has 0 saturated carbocycles. The summed E-state index contributed by atoms with van der Waals surface area (Å²) in [5.74, 6) is 0.953. The lowest BCUT2D eigenvalue weighted by atomic mass is 9.99. The Morgan fingerprint density at radius 1 is 0.457 bits per heavy atom. The van der Waals surface area contributed by atoms with Crippen molar-refractivity contribution < 1.29 is 9.53 Å². The van der Waals surface area contributed by atoms with Crippen molar-refractivity contribution in [3.05, 3.63) is 12.2 Å². The largest absolute Gasteiger partial charge is 0.466 e. The number of carbonyl (C=O) groups is 1. The van der Waals surface area contributed by atoms with E-state index < -0.39 is 0 Å². The average Bonchev–Trinajstić information content (AvgIpc) is 3.06. The number of carbonyl (C=O) groups excluding carboxylic acids is 1. The number of esters is 1. The van der Waals surface area contributed by atoms with E-state index in [1.54, 1.807) is 0 Å². The Morgan fingerprint density at radius 3 is 1.22 bits per heavy atom.